The van der Waals surface area contributed by atoms with Crippen molar-refractivity contribution in [1.29, 1.82) is 0 Å². The molecule has 1 rings (SSSR count). The van der Waals surface area contributed by atoms with Gasteiger partial charge < -0.3 is 10.6 Å². The van der Waals surface area contributed by atoms with Crippen LogP contribution in [-0.2, 0) is 4.79 Å². The average Bonchev–Trinajstić information content (AvgIpc) is 2.44. The van der Waals surface area contributed by atoms with E-state index in [1.54, 1.807) is 0 Å². The van der Waals surface area contributed by atoms with Crippen LogP contribution in [0.5, 0.6) is 0 Å². The molecule has 0 aliphatic rings. The average molecular weight is 314 g/mol. The molecule has 114 valence electrons. The van der Waals surface area contributed by atoms with Gasteiger partial charge in [-0.2, -0.15) is 0 Å². The van der Waals surface area contributed by atoms with Crippen molar-refractivity contribution in [2.24, 2.45) is 0 Å². The highest BCUT2D eigenvalue weighted by Crippen LogP contribution is 2.24. The van der Waals surface area contributed by atoms with Crippen LogP contribution in [-0.4, -0.2) is 29.3 Å². The van der Waals surface area contributed by atoms with Crippen molar-refractivity contribution in [3.05, 3.63) is 38.9 Å². The molecule has 2 N–H and O–H groups in total. The highest BCUT2D eigenvalue weighted by Gasteiger charge is 2.19. The normalized spacial score (nSPS) is 11.6. The van der Waals surface area contributed by atoms with Crippen LogP contribution < -0.4 is 10.6 Å². The first-order chi connectivity index (χ1) is 9.86. The zero-order valence-electron chi connectivity index (χ0n) is 11.7. The quantitative estimate of drug-likeness (QED) is 0.618. The summed E-state index contributed by atoms with van der Waals surface area (Å²) in [6.07, 6.45) is 0.787. The first-order valence-electron chi connectivity index (χ1n) is 6.39. The summed E-state index contributed by atoms with van der Waals surface area (Å²) >= 11 is 5.67. The molecule has 0 fully saturated rings. The molecule has 0 bridgehead atoms. The van der Waals surface area contributed by atoms with Gasteiger partial charge in [-0.15, -0.1) is 0 Å². The lowest BCUT2D eigenvalue weighted by molar-refractivity contribution is -0.384. The number of carbonyl (C=O) groups excluding carboxylic acids is 2. The minimum atomic E-state index is -0.737. The third-order valence-electron chi connectivity index (χ3n) is 2.70. The molecule has 1 aromatic rings. The van der Waals surface area contributed by atoms with Gasteiger partial charge in [-0.25, -0.2) is 0 Å². The molecule has 0 unspecified atom stereocenters. The summed E-state index contributed by atoms with van der Waals surface area (Å²) in [5, 5.41) is 15.8. The Kier molecular flexibility index (Phi) is 6.10. The van der Waals surface area contributed by atoms with E-state index in [1.165, 1.54) is 19.1 Å². The SMILES string of the molecule is CCCNC(=O)[C@H](C)NC(=O)c1ccc(Cl)c([N+](=O)[O-])c1. The minimum Gasteiger partial charge on any atom is -0.354 e. The Labute approximate surface area is 126 Å². The standard InChI is InChI=1S/C13H16ClN3O4/c1-3-6-15-12(18)8(2)16-13(19)9-4-5-10(14)11(7-9)17(20)21/h4-5,7-8H,3,6H2,1-2H3,(H,15,18)(H,16,19)/t8-/m0/s1. The predicted molar refractivity (Wildman–Crippen MR) is 78.3 cm³/mol. The van der Waals surface area contributed by atoms with Crippen LogP contribution in [0.4, 0.5) is 5.69 Å². The number of nitrogens with zero attached hydrogens (tertiary/aromatic N) is 1. The molecule has 1 atom stereocenters. The highest BCUT2D eigenvalue weighted by atomic mass is 35.5. The van der Waals surface area contributed by atoms with Gasteiger partial charge in [0.15, 0.2) is 0 Å². The third kappa shape index (κ3) is 4.71. The number of carbonyl (C=O) groups is 2. The van der Waals surface area contributed by atoms with Crippen LogP contribution >= 0.6 is 11.6 Å². The molecule has 0 aromatic heterocycles. The van der Waals surface area contributed by atoms with Gasteiger partial charge in [-0.1, -0.05) is 18.5 Å². The number of hydrogen-bond acceptors (Lipinski definition) is 4. The number of hydrogen-bond donors (Lipinski definition) is 2. The van der Waals surface area contributed by atoms with Gasteiger partial charge in [0.05, 0.1) is 4.92 Å². The Hall–Kier alpha value is -2.15. The fraction of sp³-hybridized carbons (Fsp3) is 0.385. The second-order valence-electron chi connectivity index (χ2n) is 4.41. The molecule has 21 heavy (non-hydrogen) atoms. The van der Waals surface area contributed by atoms with Crippen LogP contribution in [0.1, 0.15) is 30.6 Å². The van der Waals surface area contributed by atoms with Crippen LogP contribution in [0.3, 0.4) is 0 Å². The van der Waals surface area contributed by atoms with Crippen molar-refractivity contribution >= 4 is 29.1 Å². The summed E-state index contributed by atoms with van der Waals surface area (Å²) < 4.78 is 0. The molecule has 8 heteroatoms. The monoisotopic (exact) mass is 313 g/mol. The van der Waals surface area contributed by atoms with Crippen LogP contribution in [0.2, 0.25) is 5.02 Å². The number of amides is 2. The van der Waals surface area contributed by atoms with Crippen molar-refractivity contribution in [2.75, 3.05) is 6.54 Å². The lowest BCUT2D eigenvalue weighted by Gasteiger charge is -2.13. The van der Waals surface area contributed by atoms with Gasteiger partial charge in [0.2, 0.25) is 5.91 Å². The molecule has 2 amide bonds. The van der Waals surface area contributed by atoms with E-state index in [9.17, 15) is 19.7 Å². The van der Waals surface area contributed by atoms with Crippen LogP contribution in [0.15, 0.2) is 18.2 Å². The molecule has 0 spiro atoms. The van der Waals surface area contributed by atoms with Crippen molar-refractivity contribution in [3.63, 3.8) is 0 Å². The molecular weight excluding hydrogens is 298 g/mol. The molecule has 0 radical (unpaired) electrons. The first kappa shape index (κ1) is 16.9. The van der Waals surface area contributed by atoms with Gasteiger partial charge in [-0.3, -0.25) is 19.7 Å². The third-order valence-corrected chi connectivity index (χ3v) is 3.01. The van der Waals surface area contributed by atoms with E-state index < -0.39 is 16.9 Å². The molecule has 0 aliphatic carbocycles. The van der Waals surface area contributed by atoms with E-state index in [0.717, 1.165) is 12.5 Å². The Morgan fingerprint density at radius 1 is 1.43 bits per heavy atom. The lowest BCUT2D eigenvalue weighted by atomic mass is 10.1. The van der Waals surface area contributed by atoms with E-state index in [0.29, 0.717) is 6.54 Å². The first-order valence-corrected chi connectivity index (χ1v) is 6.77. The number of nitrogens with one attached hydrogen (secondary N) is 2. The topological polar surface area (TPSA) is 101 Å². The second kappa shape index (κ2) is 7.58. The molecule has 0 saturated carbocycles. The van der Waals surface area contributed by atoms with Crippen LogP contribution in [0.25, 0.3) is 0 Å². The fourth-order valence-electron chi connectivity index (χ4n) is 1.54. The predicted octanol–water partition coefficient (Wildman–Crippen LogP) is 1.89. The molecule has 0 heterocycles. The van der Waals surface area contributed by atoms with Crippen molar-refractivity contribution in [1.82, 2.24) is 10.6 Å². The number of halogens is 1. The summed E-state index contributed by atoms with van der Waals surface area (Å²) in [5.41, 5.74) is -0.284. The van der Waals surface area contributed by atoms with E-state index in [2.05, 4.69) is 10.6 Å². The van der Waals surface area contributed by atoms with Gasteiger partial charge >= 0.3 is 0 Å². The number of benzene rings is 1. The Morgan fingerprint density at radius 3 is 2.67 bits per heavy atom. The maximum Gasteiger partial charge on any atom is 0.288 e. The Bertz CT molecular complexity index is 562. The Morgan fingerprint density at radius 2 is 2.10 bits per heavy atom. The van der Waals surface area contributed by atoms with E-state index >= 15 is 0 Å². The minimum absolute atomic E-state index is 0.0507. The van der Waals surface area contributed by atoms with E-state index in [1.807, 2.05) is 6.92 Å². The number of rotatable bonds is 6. The second-order valence-corrected chi connectivity index (χ2v) is 4.82. The van der Waals surface area contributed by atoms with Gasteiger partial charge in [0.1, 0.15) is 11.1 Å². The summed E-state index contributed by atoms with van der Waals surface area (Å²) in [6.45, 7) is 3.97. The maximum atomic E-state index is 12.0. The van der Waals surface area contributed by atoms with Gasteiger partial charge in [0, 0.05) is 18.2 Å². The number of nitro benzene ring substituents is 1. The fourth-order valence-corrected chi connectivity index (χ4v) is 1.73. The van der Waals surface area contributed by atoms with Crippen molar-refractivity contribution in [3.8, 4) is 0 Å². The van der Waals surface area contributed by atoms with E-state index in [4.69, 9.17) is 11.6 Å². The zero-order valence-corrected chi connectivity index (χ0v) is 12.4. The molecular formula is C13H16ClN3O4. The molecule has 1 aromatic carbocycles. The largest absolute Gasteiger partial charge is 0.354 e. The van der Waals surface area contributed by atoms with E-state index in [-0.39, 0.29) is 22.2 Å². The lowest BCUT2D eigenvalue weighted by Crippen LogP contribution is -2.45. The number of nitro groups is 1. The van der Waals surface area contributed by atoms with Gasteiger partial charge in [0.25, 0.3) is 11.6 Å². The van der Waals surface area contributed by atoms with Crippen molar-refractivity contribution in [2.45, 2.75) is 26.3 Å². The summed E-state index contributed by atoms with van der Waals surface area (Å²) in [6, 6.07) is 2.98. The zero-order chi connectivity index (χ0) is 16.0. The molecule has 0 aliphatic heterocycles. The smallest absolute Gasteiger partial charge is 0.288 e. The van der Waals surface area contributed by atoms with Crippen molar-refractivity contribution < 1.29 is 14.5 Å². The summed E-state index contributed by atoms with van der Waals surface area (Å²) in [5.74, 6) is -0.887. The maximum absolute atomic E-state index is 12.0. The molecule has 7 nitrogen and oxygen atoms in total. The molecule has 0 saturated heterocycles. The highest BCUT2D eigenvalue weighted by molar-refractivity contribution is 6.32. The Balaban J connectivity index is 2.78. The summed E-state index contributed by atoms with van der Waals surface area (Å²) in [4.78, 5) is 33.7. The van der Waals surface area contributed by atoms with Crippen LogP contribution in [0, 0.1) is 10.1 Å². The van der Waals surface area contributed by atoms with Gasteiger partial charge in [-0.05, 0) is 25.5 Å². The summed E-state index contributed by atoms with van der Waals surface area (Å²) in [7, 11) is 0.